The summed E-state index contributed by atoms with van der Waals surface area (Å²) in [6.45, 7) is 17.7. The molecule has 2 saturated heterocycles. The smallest absolute Gasteiger partial charge is 0.347 e. The molecule has 2 aliphatic heterocycles. The number of ether oxygens (including phenoxy) is 2. The highest BCUT2D eigenvalue weighted by Crippen LogP contribution is 2.38. The molecule has 0 radical (unpaired) electrons. The van der Waals surface area contributed by atoms with Gasteiger partial charge in [0.05, 0.1) is 4.90 Å². The Morgan fingerprint density at radius 3 is 1.76 bits per heavy atom. The fourth-order valence-corrected chi connectivity index (χ4v) is 11.7. The summed E-state index contributed by atoms with van der Waals surface area (Å²) in [6.07, 6.45) is 4.44. The average molecular weight is 977 g/mol. The summed E-state index contributed by atoms with van der Waals surface area (Å²) >= 11 is 0. The number of rotatable bonds is 16. The zero-order chi connectivity index (χ0) is 50.9. The first kappa shape index (κ1) is 50.9. The van der Waals surface area contributed by atoms with Gasteiger partial charge in [0.1, 0.15) is 11.5 Å². The summed E-state index contributed by atoms with van der Waals surface area (Å²) in [4.78, 5) is 26.2. The minimum Gasteiger partial charge on any atom is -0.478 e. The molecule has 2 aliphatic rings. The maximum atomic E-state index is 14.2. The Labute approximate surface area is 420 Å². The summed E-state index contributed by atoms with van der Waals surface area (Å²) in [5, 5.41) is 19.2. The van der Waals surface area contributed by atoms with Gasteiger partial charge in [-0.1, -0.05) is 98.8 Å². The molecule has 0 bridgehead atoms. The van der Waals surface area contributed by atoms with Gasteiger partial charge < -0.3 is 24.6 Å². The summed E-state index contributed by atoms with van der Waals surface area (Å²) in [5.74, 6) is -0.829. The van der Waals surface area contributed by atoms with E-state index < -0.39 is 33.2 Å². The molecule has 0 amide bonds. The molecule has 8 rings (SSSR count). The SMILES string of the molecule is Cc1cc(-c2cccc(N3CCCC(c4cccc(OC(C)(C)C(=O)O)c4)C3)c2)cc(CC(C)(C)c2ccc(-c3cccc(S(=O)(=O)N4CCCC(c5cccc(OC(C)(C)C(=O)O)c5)C4)c3)cc2)c1C. The number of carbonyl (C=O) groups is 2. The van der Waals surface area contributed by atoms with E-state index in [1.54, 1.807) is 36.4 Å². The number of nitrogens with zero attached hydrogens (tertiary/aromatic N) is 2. The van der Waals surface area contributed by atoms with Crippen molar-refractivity contribution in [2.24, 2.45) is 0 Å². The summed E-state index contributed by atoms with van der Waals surface area (Å²) in [7, 11) is -3.81. The predicted molar refractivity (Wildman–Crippen MR) is 282 cm³/mol. The Kier molecular flexibility index (Phi) is 14.6. The molecular weight excluding hydrogens is 909 g/mol. The maximum absolute atomic E-state index is 14.2. The van der Waals surface area contributed by atoms with E-state index in [1.165, 1.54) is 52.9 Å². The van der Waals surface area contributed by atoms with E-state index in [-0.39, 0.29) is 22.1 Å². The van der Waals surface area contributed by atoms with Crippen molar-refractivity contribution in [2.75, 3.05) is 31.1 Å². The van der Waals surface area contributed by atoms with Gasteiger partial charge >= 0.3 is 11.9 Å². The van der Waals surface area contributed by atoms with Gasteiger partial charge in [-0.25, -0.2) is 18.0 Å². The number of carboxylic acids is 2. The van der Waals surface area contributed by atoms with Crippen molar-refractivity contribution in [1.29, 1.82) is 0 Å². The first-order valence-corrected chi connectivity index (χ1v) is 26.2. The van der Waals surface area contributed by atoms with E-state index in [0.29, 0.717) is 31.0 Å². The van der Waals surface area contributed by atoms with Gasteiger partial charge in [-0.2, -0.15) is 4.31 Å². The molecule has 0 aliphatic carbocycles. The van der Waals surface area contributed by atoms with E-state index in [1.807, 2.05) is 48.5 Å². The highest BCUT2D eigenvalue weighted by Gasteiger charge is 2.34. The minimum atomic E-state index is -3.81. The van der Waals surface area contributed by atoms with Gasteiger partial charge in [0, 0.05) is 37.8 Å². The Balaban J connectivity index is 0.948. The Hall–Kier alpha value is -6.43. The third-order valence-electron chi connectivity index (χ3n) is 14.7. The Morgan fingerprint density at radius 1 is 0.606 bits per heavy atom. The van der Waals surface area contributed by atoms with Crippen molar-refractivity contribution in [3.63, 3.8) is 0 Å². The third-order valence-corrected chi connectivity index (χ3v) is 16.5. The second-order valence-electron chi connectivity index (χ2n) is 21.3. The molecule has 372 valence electrons. The fraction of sp³-hybridized carbons (Fsp3) is 0.367. The van der Waals surface area contributed by atoms with Crippen LogP contribution in [0.15, 0.2) is 138 Å². The highest BCUT2D eigenvalue weighted by atomic mass is 32.2. The van der Waals surface area contributed by atoms with E-state index in [4.69, 9.17) is 9.47 Å². The average Bonchev–Trinajstić information content (AvgIpc) is 3.35. The molecule has 2 heterocycles. The zero-order valence-corrected chi connectivity index (χ0v) is 43.2. The van der Waals surface area contributed by atoms with Crippen molar-refractivity contribution < 1.29 is 37.7 Å². The number of aryl methyl sites for hydroxylation is 1. The largest absolute Gasteiger partial charge is 0.478 e. The van der Waals surface area contributed by atoms with Crippen LogP contribution in [0.1, 0.15) is 112 Å². The standard InChI is InChI=1S/C60H68N2O8S/c1-40-31-49(43-15-9-21-52(33-43)61-29-13-19-47(38-61)44-16-10-22-53(34-44)69-59(5,6)56(63)64)32-50(41(40)2)37-58(3,4)51-27-25-42(26-28-51)46-18-12-24-55(36-46)71(67,68)62-30-14-20-48(39-62)45-17-11-23-54(35-45)70-60(7,8)57(65)66/h9-12,15-18,21-28,31-36,47-48H,13-14,19-20,29-30,37-39H2,1-8H3,(H,63,64)(H,65,66). The van der Waals surface area contributed by atoms with Crippen molar-refractivity contribution in [3.05, 3.63) is 167 Å². The number of piperidine rings is 2. The van der Waals surface area contributed by atoms with E-state index in [2.05, 4.69) is 99.3 Å². The number of carboxylic acid groups (broad SMARTS) is 2. The normalized spacial score (nSPS) is 17.2. The van der Waals surface area contributed by atoms with Crippen LogP contribution in [0.2, 0.25) is 0 Å². The Bertz CT molecular complexity index is 3030. The van der Waals surface area contributed by atoms with E-state index >= 15 is 0 Å². The highest BCUT2D eigenvalue weighted by molar-refractivity contribution is 7.89. The second-order valence-corrected chi connectivity index (χ2v) is 23.2. The molecule has 0 saturated carbocycles. The van der Waals surface area contributed by atoms with Crippen LogP contribution in [0.5, 0.6) is 11.5 Å². The van der Waals surface area contributed by atoms with Gasteiger partial charge in [-0.15, -0.1) is 0 Å². The van der Waals surface area contributed by atoms with Crippen molar-refractivity contribution in [2.45, 2.75) is 121 Å². The van der Waals surface area contributed by atoms with Gasteiger partial charge in [0.2, 0.25) is 10.0 Å². The van der Waals surface area contributed by atoms with Crippen LogP contribution >= 0.6 is 0 Å². The van der Waals surface area contributed by atoms with Gasteiger partial charge in [-0.05, 0) is 189 Å². The first-order chi connectivity index (χ1) is 33.6. The lowest BCUT2D eigenvalue weighted by atomic mass is 9.77. The molecule has 11 heteroatoms. The van der Waals surface area contributed by atoms with Crippen molar-refractivity contribution in [1.82, 2.24) is 4.31 Å². The van der Waals surface area contributed by atoms with E-state index in [0.717, 1.165) is 61.0 Å². The van der Waals surface area contributed by atoms with Crippen LogP contribution in [0.3, 0.4) is 0 Å². The number of hydrogen-bond acceptors (Lipinski definition) is 7. The Morgan fingerprint density at radius 2 is 1.15 bits per heavy atom. The second kappa shape index (κ2) is 20.4. The maximum Gasteiger partial charge on any atom is 0.347 e. The lowest BCUT2D eigenvalue weighted by Gasteiger charge is -2.35. The van der Waals surface area contributed by atoms with Gasteiger partial charge in [-0.3, -0.25) is 0 Å². The number of benzene rings is 6. The summed E-state index contributed by atoms with van der Waals surface area (Å²) < 4.78 is 41.7. The monoisotopic (exact) mass is 976 g/mol. The molecule has 0 aromatic heterocycles. The third kappa shape index (κ3) is 11.5. The number of anilines is 1. The fourth-order valence-electron chi connectivity index (χ4n) is 10.1. The molecular formula is C60H68N2O8S. The molecule has 2 atom stereocenters. The molecule has 71 heavy (non-hydrogen) atoms. The number of sulfonamides is 1. The van der Waals surface area contributed by atoms with Crippen molar-refractivity contribution in [3.8, 4) is 33.8 Å². The van der Waals surface area contributed by atoms with Crippen LogP contribution < -0.4 is 14.4 Å². The van der Waals surface area contributed by atoms with Crippen LogP contribution in [-0.2, 0) is 31.4 Å². The van der Waals surface area contributed by atoms with Gasteiger partial charge in [0.25, 0.3) is 0 Å². The summed E-state index contributed by atoms with van der Waals surface area (Å²) in [5.41, 5.74) is 9.48. The first-order valence-electron chi connectivity index (χ1n) is 24.8. The topological polar surface area (TPSA) is 134 Å². The molecule has 2 unspecified atom stereocenters. The lowest BCUT2D eigenvalue weighted by molar-refractivity contribution is -0.152. The van der Waals surface area contributed by atoms with E-state index in [9.17, 15) is 28.2 Å². The zero-order valence-electron chi connectivity index (χ0n) is 42.4. The number of aliphatic carboxylic acids is 2. The van der Waals surface area contributed by atoms with Crippen LogP contribution in [0.25, 0.3) is 22.3 Å². The van der Waals surface area contributed by atoms with Crippen LogP contribution in [-0.4, -0.2) is 72.3 Å². The lowest BCUT2D eigenvalue weighted by Crippen LogP contribution is -2.39. The molecule has 2 fully saturated rings. The van der Waals surface area contributed by atoms with Crippen LogP contribution in [0.4, 0.5) is 5.69 Å². The quantitative estimate of drug-likeness (QED) is 0.0972. The molecule has 6 aromatic carbocycles. The molecule has 0 spiro atoms. The molecule has 2 N–H and O–H groups in total. The summed E-state index contributed by atoms with van der Waals surface area (Å²) in [6, 6.07) is 44.5. The van der Waals surface area contributed by atoms with Crippen LogP contribution in [0, 0.1) is 13.8 Å². The van der Waals surface area contributed by atoms with Crippen molar-refractivity contribution >= 4 is 27.6 Å². The minimum absolute atomic E-state index is 0.0598. The molecule has 6 aromatic rings. The predicted octanol–water partition coefficient (Wildman–Crippen LogP) is 12.6. The molecule has 10 nitrogen and oxygen atoms in total. The number of hydrogen-bond donors (Lipinski definition) is 2. The van der Waals surface area contributed by atoms with Gasteiger partial charge in [0.15, 0.2) is 11.2 Å².